The SMILES string of the molecule is Cc1cc(Cl)ccc1Cc1cnc(NC(=O)C2CCNC2)s1.Cl. The number of nitrogens with zero attached hydrogens (tertiary/aromatic N) is 1. The molecule has 0 aliphatic carbocycles. The average Bonchev–Trinajstić information content (AvgIpc) is 3.13. The van der Waals surface area contributed by atoms with Crippen molar-refractivity contribution in [2.24, 2.45) is 5.92 Å². The van der Waals surface area contributed by atoms with Gasteiger partial charge in [0, 0.05) is 29.1 Å². The van der Waals surface area contributed by atoms with E-state index in [1.165, 1.54) is 22.5 Å². The van der Waals surface area contributed by atoms with Crippen LogP contribution in [0.5, 0.6) is 0 Å². The molecule has 0 radical (unpaired) electrons. The molecule has 1 fully saturated rings. The number of nitrogens with one attached hydrogen (secondary N) is 2. The van der Waals surface area contributed by atoms with Crippen LogP contribution in [0.25, 0.3) is 0 Å². The summed E-state index contributed by atoms with van der Waals surface area (Å²) in [5, 5.41) is 7.55. The van der Waals surface area contributed by atoms with Crippen LogP contribution in [-0.4, -0.2) is 24.0 Å². The number of aryl methyl sites for hydroxylation is 1. The summed E-state index contributed by atoms with van der Waals surface area (Å²) in [7, 11) is 0. The Morgan fingerprint density at radius 1 is 1.52 bits per heavy atom. The normalized spacial score (nSPS) is 16.9. The van der Waals surface area contributed by atoms with E-state index in [0.29, 0.717) is 5.13 Å². The summed E-state index contributed by atoms with van der Waals surface area (Å²) in [6.45, 7) is 3.73. The largest absolute Gasteiger partial charge is 0.316 e. The molecule has 2 N–H and O–H groups in total. The van der Waals surface area contributed by atoms with E-state index in [1.807, 2.05) is 24.4 Å². The molecule has 23 heavy (non-hydrogen) atoms. The molecular weight excluding hydrogens is 353 g/mol. The molecule has 7 heteroatoms. The molecule has 0 bridgehead atoms. The van der Waals surface area contributed by atoms with Crippen LogP contribution in [0.15, 0.2) is 24.4 Å². The van der Waals surface area contributed by atoms with Gasteiger partial charge in [-0.3, -0.25) is 4.79 Å². The summed E-state index contributed by atoms with van der Waals surface area (Å²) in [6, 6.07) is 5.91. The maximum Gasteiger partial charge on any atom is 0.230 e. The lowest BCUT2D eigenvalue weighted by Crippen LogP contribution is -2.24. The minimum atomic E-state index is 0. The van der Waals surface area contributed by atoms with Gasteiger partial charge >= 0.3 is 0 Å². The third-order valence-corrected chi connectivity index (χ3v) is 5.03. The molecule has 1 unspecified atom stereocenters. The summed E-state index contributed by atoms with van der Waals surface area (Å²) < 4.78 is 0. The number of hydrogen-bond donors (Lipinski definition) is 2. The van der Waals surface area contributed by atoms with Gasteiger partial charge in [-0.2, -0.15) is 0 Å². The Morgan fingerprint density at radius 2 is 2.35 bits per heavy atom. The van der Waals surface area contributed by atoms with Crippen LogP contribution >= 0.6 is 35.3 Å². The van der Waals surface area contributed by atoms with Crippen LogP contribution in [0.3, 0.4) is 0 Å². The molecule has 1 saturated heterocycles. The second-order valence-corrected chi connectivity index (χ2v) is 7.11. The fourth-order valence-electron chi connectivity index (χ4n) is 2.58. The molecule has 3 rings (SSSR count). The first-order chi connectivity index (χ1) is 10.6. The number of aromatic nitrogens is 1. The van der Waals surface area contributed by atoms with Gasteiger partial charge in [-0.15, -0.1) is 23.7 Å². The summed E-state index contributed by atoms with van der Waals surface area (Å²) in [5.74, 6) is 0.124. The quantitative estimate of drug-likeness (QED) is 0.861. The first-order valence-electron chi connectivity index (χ1n) is 7.33. The predicted molar refractivity (Wildman–Crippen MR) is 98.0 cm³/mol. The van der Waals surface area contributed by atoms with E-state index < -0.39 is 0 Å². The lowest BCUT2D eigenvalue weighted by Gasteiger charge is -2.06. The highest BCUT2D eigenvalue weighted by Gasteiger charge is 2.23. The molecule has 2 aromatic rings. The summed E-state index contributed by atoms with van der Waals surface area (Å²) in [4.78, 5) is 17.5. The van der Waals surface area contributed by atoms with Crippen molar-refractivity contribution in [2.75, 3.05) is 18.4 Å². The summed E-state index contributed by atoms with van der Waals surface area (Å²) in [5.41, 5.74) is 2.40. The van der Waals surface area contributed by atoms with Crippen LogP contribution in [-0.2, 0) is 11.2 Å². The highest BCUT2D eigenvalue weighted by molar-refractivity contribution is 7.15. The molecule has 1 aliphatic rings. The number of rotatable bonds is 4. The first-order valence-corrected chi connectivity index (χ1v) is 8.52. The van der Waals surface area contributed by atoms with E-state index in [4.69, 9.17) is 11.6 Å². The fraction of sp³-hybridized carbons (Fsp3) is 0.375. The van der Waals surface area contributed by atoms with Gasteiger partial charge in [0.1, 0.15) is 0 Å². The molecule has 4 nitrogen and oxygen atoms in total. The predicted octanol–water partition coefficient (Wildman–Crippen LogP) is 3.67. The summed E-state index contributed by atoms with van der Waals surface area (Å²) >= 11 is 7.51. The number of carbonyl (C=O) groups excluding carboxylic acids is 1. The Bertz CT molecular complexity index is 684. The van der Waals surface area contributed by atoms with E-state index in [0.717, 1.165) is 35.8 Å². The van der Waals surface area contributed by atoms with Gasteiger partial charge in [0.25, 0.3) is 0 Å². The highest BCUT2D eigenvalue weighted by atomic mass is 35.5. The molecule has 1 aromatic heterocycles. The van der Waals surface area contributed by atoms with Crippen molar-refractivity contribution in [3.8, 4) is 0 Å². The van der Waals surface area contributed by atoms with Crippen molar-refractivity contribution in [2.45, 2.75) is 19.8 Å². The number of benzene rings is 1. The van der Waals surface area contributed by atoms with Gasteiger partial charge in [0.05, 0.1) is 5.92 Å². The minimum absolute atomic E-state index is 0. The molecule has 2 heterocycles. The lowest BCUT2D eigenvalue weighted by atomic mass is 10.1. The van der Waals surface area contributed by atoms with Crippen molar-refractivity contribution >= 4 is 46.4 Å². The lowest BCUT2D eigenvalue weighted by molar-refractivity contribution is -0.119. The van der Waals surface area contributed by atoms with E-state index in [-0.39, 0.29) is 24.2 Å². The van der Waals surface area contributed by atoms with Gasteiger partial charge in [-0.1, -0.05) is 17.7 Å². The van der Waals surface area contributed by atoms with Crippen LogP contribution in [0.4, 0.5) is 5.13 Å². The molecular formula is C16H19Cl2N3OS. The second kappa shape index (κ2) is 8.11. The number of hydrogen-bond acceptors (Lipinski definition) is 4. The Balaban J connectivity index is 0.00000192. The zero-order valence-electron chi connectivity index (χ0n) is 12.8. The van der Waals surface area contributed by atoms with Gasteiger partial charge in [-0.25, -0.2) is 4.98 Å². The number of thiazole rings is 1. The standard InChI is InChI=1S/C16H18ClN3OS.ClH/c1-10-6-13(17)3-2-11(10)7-14-9-19-16(22-14)20-15(21)12-4-5-18-8-12;/h2-3,6,9,12,18H,4-5,7-8H2,1H3,(H,19,20,21);1H. The van der Waals surface area contributed by atoms with E-state index in [9.17, 15) is 4.79 Å². The van der Waals surface area contributed by atoms with Gasteiger partial charge < -0.3 is 10.6 Å². The molecule has 1 amide bonds. The number of halogens is 2. The van der Waals surface area contributed by atoms with E-state index in [1.54, 1.807) is 0 Å². The molecule has 1 aliphatic heterocycles. The Hall–Kier alpha value is -1.14. The van der Waals surface area contributed by atoms with Gasteiger partial charge in [0.15, 0.2) is 5.13 Å². The average molecular weight is 372 g/mol. The number of amides is 1. The Labute approximate surface area is 151 Å². The zero-order valence-corrected chi connectivity index (χ0v) is 15.2. The fourth-order valence-corrected chi connectivity index (χ4v) is 3.64. The third kappa shape index (κ3) is 4.67. The van der Waals surface area contributed by atoms with Crippen molar-refractivity contribution in [3.05, 3.63) is 45.4 Å². The van der Waals surface area contributed by atoms with Gasteiger partial charge in [-0.05, 0) is 43.1 Å². The maximum atomic E-state index is 12.1. The first kappa shape index (κ1) is 18.2. The topological polar surface area (TPSA) is 54.0 Å². The van der Waals surface area contributed by atoms with E-state index in [2.05, 4.69) is 22.5 Å². The van der Waals surface area contributed by atoms with Crippen LogP contribution in [0.1, 0.15) is 22.4 Å². The molecule has 1 atom stereocenters. The molecule has 1 aromatic carbocycles. The maximum absolute atomic E-state index is 12.1. The molecule has 0 spiro atoms. The van der Waals surface area contributed by atoms with Crippen LogP contribution in [0.2, 0.25) is 5.02 Å². The molecule has 124 valence electrons. The van der Waals surface area contributed by atoms with E-state index >= 15 is 0 Å². The number of anilines is 1. The zero-order chi connectivity index (χ0) is 15.5. The molecule has 0 saturated carbocycles. The van der Waals surface area contributed by atoms with Crippen LogP contribution < -0.4 is 10.6 Å². The van der Waals surface area contributed by atoms with Crippen molar-refractivity contribution in [3.63, 3.8) is 0 Å². The van der Waals surface area contributed by atoms with Crippen molar-refractivity contribution < 1.29 is 4.79 Å². The van der Waals surface area contributed by atoms with Crippen molar-refractivity contribution in [1.29, 1.82) is 0 Å². The van der Waals surface area contributed by atoms with Gasteiger partial charge in [0.2, 0.25) is 5.91 Å². The minimum Gasteiger partial charge on any atom is -0.316 e. The Morgan fingerprint density at radius 3 is 3.04 bits per heavy atom. The second-order valence-electron chi connectivity index (χ2n) is 5.56. The number of carbonyl (C=O) groups is 1. The van der Waals surface area contributed by atoms with Crippen LogP contribution in [0, 0.1) is 12.8 Å². The smallest absolute Gasteiger partial charge is 0.230 e. The third-order valence-electron chi connectivity index (χ3n) is 3.88. The Kier molecular flexibility index (Phi) is 6.41. The highest BCUT2D eigenvalue weighted by Crippen LogP contribution is 2.24. The monoisotopic (exact) mass is 371 g/mol. The summed E-state index contributed by atoms with van der Waals surface area (Å²) in [6.07, 6.45) is 3.54. The van der Waals surface area contributed by atoms with Crippen molar-refractivity contribution in [1.82, 2.24) is 10.3 Å².